The van der Waals surface area contributed by atoms with Gasteiger partial charge in [0.25, 0.3) is 0 Å². The van der Waals surface area contributed by atoms with Crippen LogP contribution in [0.1, 0.15) is 18.2 Å². The monoisotopic (exact) mass is 231 g/mol. The van der Waals surface area contributed by atoms with Crippen LogP contribution in [0.3, 0.4) is 0 Å². The van der Waals surface area contributed by atoms with Crippen LogP contribution < -0.4 is 5.73 Å². The maximum atomic E-state index is 11.3. The van der Waals surface area contributed by atoms with Crippen LogP contribution in [0, 0.1) is 6.92 Å². The summed E-state index contributed by atoms with van der Waals surface area (Å²) in [5.74, 6) is 0.311. The molecule has 0 aliphatic carbocycles. The van der Waals surface area contributed by atoms with Gasteiger partial charge in [-0.2, -0.15) is 5.10 Å². The van der Waals surface area contributed by atoms with Gasteiger partial charge in [-0.25, -0.2) is 8.42 Å². The normalized spacial score (nSPS) is 11.9. The highest BCUT2D eigenvalue weighted by Crippen LogP contribution is 2.04. The molecule has 6 heteroatoms. The van der Waals surface area contributed by atoms with Crippen molar-refractivity contribution in [3.05, 3.63) is 17.5 Å². The van der Waals surface area contributed by atoms with Crippen molar-refractivity contribution in [3.8, 4) is 0 Å². The van der Waals surface area contributed by atoms with E-state index in [4.69, 9.17) is 5.73 Å². The first-order valence-electron chi connectivity index (χ1n) is 4.92. The van der Waals surface area contributed by atoms with Crippen molar-refractivity contribution < 1.29 is 8.42 Å². The molecule has 0 bridgehead atoms. The lowest BCUT2D eigenvalue weighted by Crippen LogP contribution is -2.14. The molecule has 0 spiro atoms. The average molecular weight is 231 g/mol. The summed E-state index contributed by atoms with van der Waals surface area (Å²) < 4.78 is 24.2. The number of nitrogens with zero attached hydrogens (tertiary/aromatic N) is 2. The second-order valence-electron chi connectivity index (χ2n) is 3.44. The Kier molecular flexibility index (Phi) is 3.87. The third-order valence-corrected chi connectivity index (χ3v) is 4.02. The maximum absolute atomic E-state index is 11.3. The Bertz CT molecular complexity index is 423. The van der Waals surface area contributed by atoms with E-state index in [0.29, 0.717) is 13.1 Å². The first-order chi connectivity index (χ1) is 6.98. The summed E-state index contributed by atoms with van der Waals surface area (Å²) in [4.78, 5) is 0. The Labute approximate surface area is 90.2 Å². The van der Waals surface area contributed by atoms with Crippen LogP contribution in [-0.4, -0.2) is 29.7 Å². The van der Waals surface area contributed by atoms with Gasteiger partial charge in [-0.1, -0.05) is 6.92 Å². The number of hydrogen-bond donors (Lipinski definition) is 1. The molecule has 15 heavy (non-hydrogen) atoms. The zero-order valence-electron chi connectivity index (χ0n) is 9.10. The molecule has 0 fully saturated rings. The van der Waals surface area contributed by atoms with Crippen molar-refractivity contribution in [2.24, 2.45) is 5.73 Å². The first-order valence-corrected chi connectivity index (χ1v) is 6.74. The second-order valence-corrected chi connectivity index (χ2v) is 5.92. The van der Waals surface area contributed by atoms with Crippen LogP contribution in [0.2, 0.25) is 0 Å². The molecule has 1 rings (SSSR count). The summed E-state index contributed by atoms with van der Waals surface area (Å²) in [6, 6.07) is 0. The Balaban J connectivity index is 2.66. The Hall–Kier alpha value is -0.880. The van der Waals surface area contributed by atoms with Gasteiger partial charge in [-0.15, -0.1) is 0 Å². The van der Waals surface area contributed by atoms with Gasteiger partial charge < -0.3 is 5.73 Å². The number of hydrogen-bond acceptors (Lipinski definition) is 4. The smallest absolute Gasteiger partial charge is 0.151 e. The van der Waals surface area contributed by atoms with Gasteiger partial charge in [0.05, 0.1) is 18.0 Å². The largest absolute Gasteiger partial charge is 0.326 e. The lowest BCUT2D eigenvalue weighted by molar-refractivity contribution is 0.581. The van der Waals surface area contributed by atoms with Crippen molar-refractivity contribution in [1.82, 2.24) is 9.78 Å². The van der Waals surface area contributed by atoms with Crippen molar-refractivity contribution in [2.45, 2.75) is 26.9 Å². The van der Waals surface area contributed by atoms with Crippen LogP contribution in [0.15, 0.2) is 6.20 Å². The molecule has 1 aromatic rings. The van der Waals surface area contributed by atoms with Crippen LogP contribution >= 0.6 is 0 Å². The van der Waals surface area contributed by atoms with E-state index < -0.39 is 9.84 Å². The van der Waals surface area contributed by atoms with E-state index in [1.807, 2.05) is 6.92 Å². The summed E-state index contributed by atoms with van der Waals surface area (Å²) >= 11 is 0. The fraction of sp³-hybridized carbons (Fsp3) is 0.667. The molecule has 0 saturated heterocycles. The maximum Gasteiger partial charge on any atom is 0.151 e. The molecule has 0 atom stereocenters. The third-order valence-electron chi connectivity index (χ3n) is 2.34. The number of sulfone groups is 1. The van der Waals surface area contributed by atoms with E-state index in [0.717, 1.165) is 11.3 Å². The van der Waals surface area contributed by atoms with Crippen LogP contribution in [-0.2, 0) is 22.9 Å². The fourth-order valence-corrected chi connectivity index (χ4v) is 2.00. The van der Waals surface area contributed by atoms with E-state index >= 15 is 0 Å². The number of aromatic nitrogens is 2. The molecule has 1 aromatic heterocycles. The Morgan fingerprint density at radius 3 is 2.67 bits per heavy atom. The van der Waals surface area contributed by atoms with Crippen LogP contribution in [0.4, 0.5) is 0 Å². The molecule has 0 amide bonds. The Morgan fingerprint density at radius 1 is 1.53 bits per heavy atom. The standard InChI is InChI=1S/C9H17N3O2S/c1-3-15(13,14)5-4-12-7-9(6-10)8(2)11-12/h7H,3-6,10H2,1-2H3. The fourth-order valence-electron chi connectivity index (χ4n) is 1.25. The highest BCUT2D eigenvalue weighted by atomic mass is 32.2. The van der Waals surface area contributed by atoms with Crippen molar-refractivity contribution in [3.63, 3.8) is 0 Å². The topological polar surface area (TPSA) is 78.0 Å². The second kappa shape index (κ2) is 4.76. The number of aryl methyl sites for hydroxylation is 2. The zero-order chi connectivity index (χ0) is 11.5. The van der Waals surface area contributed by atoms with Gasteiger partial charge in [-0.05, 0) is 6.92 Å². The van der Waals surface area contributed by atoms with Crippen LogP contribution in [0.5, 0.6) is 0 Å². The summed E-state index contributed by atoms with van der Waals surface area (Å²) in [5.41, 5.74) is 7.33. The minimum absolute atomic E-state index is 0.134. The van der Waals surface area contributed by atoms with Crippen LogP contribution in [0.25, 0.3) is 0 Å². The molecule has 0 unspecified atom stereocenters. The van der Waals surface area contributed by atoms with E-state index in [-0.39, 0.29) is 11.5 Å². The predicted molar refractivity (Wildman–Crippen MR) is 59.2 cm³/mol. The molecule has 0 saturated carbocycles. The van der Waals surface area contributed by atoms with Gasteiger partial charge in [0, 0.05) is 24.1 Å². The average Bonchev–Trinajstić information content (AvgIpc) is 2.56. The Morgan fingerprint density at radius 2 is 2.20 bits per heavy atom. The van der Waals surface area contributed by atoms with Crippen molar-refractivity contribution in [1.29, 1.82) is 0 Å². The van der Waals surface area contributed by atoms with E-state index in [9.17, 15) is 8.42 Å². The summed E-state index contributed by atoms with van der Waals surface area (Å²) in [5, 5.41) is 4.19. The summed E-state index contributed by atoms with van der Waals surface area (Å²) in [7, 11) is -2.92. The number of rotatable bonds is 5. The molecule has 0 aromatic carbocycles. The molecular weight excluding hydrogens is 214 g/mol. The highest BCUT2D eigenvalue weighted by Gasteiger charge is 2.09. The quantitative estimate of drug-likeness (QED) is 0.778. The SMILES string of the molecule is CCS(=O)(=O)CCn1cc(CN)c(C)n1. The van der Waals surface area contributed by atoms with Gasteiger partial charge in [0.15, 0.2) is 9.84 Å². The van der Waals surface area contributed by atoms with Crippen molar-refractivity contribution >= 4 is 9.84 Å². The minimum Gasteiger partial charge on any atom is -0.326 e. The first kappa shape index (κ1) is 12.2. The zero-order valence-corrected chi connectivity index (χ0v) is 9.92. The highest BCUT2D eigenvalue weighted by molar-refractivity contribution is 7.91. The van der Waals surface area contributed by atoms with Gasteiger partial charge in [0.1, 0.15) is 0 Å². The minimum atomic E-state index is -2.92. The van der Waals surface area contributed by atoms with E-state index in [1.54, 1.807) is 17.8 Å². The summed E-state index contributed by atoms with van der Waals surface area (Å²) in [6.45, 7) is 4.35. The van der Waals surface area contributed by atoms with E-state index in [2.05, 4.69) is 5.10 Å². The third kappa shape index (κ3) is 3.32. The lowest BCUT2D eigenvalue weighted by Gasteiger charge is -2.01. The predicted octanol–water partition coefficient (Wildman–Crippen LogP) is 0.0849. The number of nitrogens with two attached hydrogens (primary N) is 1. The van der Waals surface area contributed by atoms with Gasteiger partial charge in [0.2, 0.25) is 0 Å². The summed E-state index contributed by atoms with van der Waals surface area (Å²) in [6.07, 6.45) is 1.81. The molecule has 5 nitrogen and oxygen atoms in total. The molecule has 0 aliphatic rings. The van der Waals surface area contributed by atoms with Crippen molar-refractivity contribution in [2.75, 3.05) is 11.5 Å². The lowest BCUT2D eigenvalue weighted by atomic mass is 10.3. The molecule has 0 aliphatic heterocycles. The molecule has 86 valence electrons. The molecule has 2 N–H and O–H groups in total. The van der Waals surface area contributed by atoms with Gasteiger partial charge in [-0.3, -0.25) is 4.68 Å². The van der Waals surface area contributed by atoms with Gasteiger partial charge >= 0.3 is 0 Å². The molecule has 1 heterocycles. The van der Waals surface area contributed by atoms with E-state index in [1.165, 1.54) is 0 Å². The molecule has 0 radical (unpaired) electrons. The molecular formula is C9H17N3O2S.